The molecule has 2 unspecified atom stereocenters. The molecule has 1 heterocycles. The van der Waals surface area contributed by atoms with Crippen molar-refractivity contribution in [2.24, 2.45) is 0 Å². The van der Waals surface area contributed by atoms with Crippen molar-refractivity contribution in [2.75, 3.05) is 18.5 Å². The number of anilines is 1. The monoisotopic (exact) mass is 430 g/mol. The van der Waals surface area contributed by atoms with Crippen LogP contribution in [0.4, 0.5) is 5.69 Å². The molecule has 3 aromatic carbocycles. The molecule has 2 atom stereocenters. The highest BCUT2D eigenvalue weighted by molar-refractivity contribution is 5.98. The van der Waals surface area contributed by atoms with Gasteiger partial charge < -0.3 is 20.1 Å². The quantitative estimate of drug-likeness (QED) is 0.596. The van der Waals surface area contributed by atoms with Crippen LogP contribution >= 0.6 is 0 Å². The number of carbonyl (C=O) groups excluding carboxylic acids is 2. The van der Waals surface area contributed by atoms with Crippen molar-refractivity contribution in [3.8, 4) is 11.5 Å². The number of benzene rings is 3. The van der Waals surface area contributed by atoms with E-state index >= 15 is 0 Å². The molecular weight excluding hydrogens is 404 g/mol. The molecule has 0 aliphatic carbocycles. The molecule has 0 bridgehead atoms. The zero-order valence-corrected chi connectivity index (χ0v) is 17.9. The van der Waals surface area contributed by atoms with Crippen LogP contribution < -0.4 is 20.1 Å². The van der Waals surface area contributed by atoms with Crippen LogP contribution in [0.15, 0.2) is 78.9 Å². The third-order valence-corrected chi connectivity index (χ3v) is 5.42. The van der Waals surface area contributed by atoms with Gasteiger partial charge in [-0.05, 0) is 42.3 Å². The SMILES string of the molecule is CC(C(=O)NC(Cc1ccccc1)C(=O)Nc1ccccc1)c1ccc2c(c1)OCCO2. The van der Waals surface area contributed by atoms with Gasteiger partial charge in [0.1, 0.15) is 19.3 Å². The predicted molar refractivity (Wildman–Crippen MR) is 123 cm³/mol. The molecule has 6 nitrogen and oxygen atoms in total. The van der Waals surface area contributed by atoms with Gasteiger partial charge in [0.05, 0.1) is 5.92 Å². The average molecular weight is 431 g/mol. The van der Waals surface area contributed by atoms with Crippen LogP contribution in [-0.4, -0.2) is 31.1 Å². The van der Waals surface area contributed by atoms with E-state index < -0.39 is 12.0 Å². The average Bonchev–Trinajstić information content (AvgIpc) is 2.84. The van der Waals surface area contributed by atoms with E-state index in [1.807, 2.05) is 85.8 Å². The Morgan fingerprint density at radius 2 is 1.50 bits per heavy atom. The fourth-order valence-corrected chi connectivity index (χ4v) is 3.59. The Morgan fingerprint density at radius 1 is 0.844 bits per heavy atom. The number of hydrogen-bond acceptors (Lipinski definition) is 4. The van der Waals surface area contributed by atoms with Gasteiger partial charge in [0.25, 0.3) is 0 Å². The van der Waals surface area contributed by atoms with Gasteiger partial charge in [-0.3, -0.25) is 9.59 Å². The summed E-state index contributed by atoms with van der Waals surface area (Å²) in [6.45, 7) is 2.81. The normalized spacial score (nSPS) is 14.2. The second-order valence-electron chi connectivity index (χ2n) is 7.73. The molecule has 0 saturated carbocycles. The molecule has 164 valence electrons. The number of rotatable bonds is 7. The molecule has 6 heteroatoms. The van der Waals surface area contributed by atoms with Gasteiger partial charge in [0.2, 0.25) is 11.8 Å². The fourth-order valence-electron chi connectivity index (χ4n) is 3.59. The second kappa shape index (κ2) is 10.0. The molecule has 1 aliphatic rings. The first kappa shape index (κ1) is 21.4. The van der Waals surface area contributed by atoms with Crippen molar-refractivity contribution in [1.29, 1.82) is 0 Å². The highest BCUT2D eigenvalue weighted by Crippen LogP contribution is 2.33. The standard InChI is InChI=1S/C26H26N2O4/c1-18(20-12-13-23-24(17-20)32-15-14-31-23)25(29)28-22(16-19-8-4-2-5-9-19)26(30)27-21-10-6-3-7-11-21/h2-13,17-18,22H,14-16H2,1H3,(H,27,30)(H,28,29). The fraction of sp³-hybridized carbons (Fsp3) is 0.231. The number of nitrogens with one attached hydrogen (secondary N) is 2. The molecule has 2 N–H and O–H groups in total. The third-order valence-electron chi connectivity index (χ3n) is 5.42. The van der Waals surface area contributed by atoms with Gasteiger partial charge in [-0.1, -0.05) is 54.6 Å². The van der Waals surface area contributed by atoms with Crippen LogP contribution in [0.5, 0.6) is 11.5 Å². The number of para-hydroxylation sites is 1. The Balaban J connectivity index is 1.50. The minimum atomic E-state index is -0.718. The van der Waals surface area contributed by atoms with Gasteiger partial charge in [-0.25, -0.2) is 0 Å². The van der Waals surface area contributed by atoms with Gasteiger partial charge in [0.15, 0.2) is 11.5 Å². The lowest BCUT2D eigenvalue weighted by Gasteiger charge is -2.23. The summed E-state index contributed by atoms with van der Waals surface area (Å²) in [6.07, 6.45) is 0.388. The molecule has 0 aromatic heterocycles. The number of ether oxygens (including phenoxy) is 2. The largest absolute Gasteiger partial charge is 0.486 e. The highest BCUT2D eigenvalue weighted by atomic mass is 16.6. The van der Waals surface area contributed by atoms with E-state index in [2.05, 4.69) is 10.6 Å². The van der Waals surface area contributed by atoms with E-state index in [1.54, 1.807) is 0 Å². The molecule has 0 saturated heterocycles. The molecular formula is C26H26N2O4. The van der Waals surface area contributed by atoms with E-state index in [1.165, 1.54) is 0 Å². The van der Waals surface area contributed by atoms with Crippen LogP contribution in [0.25, 0.3) is 0 Å². The second-order valence-corrected chi connectivity index (χ2v) is 7.73. The minimum Gasteiger partial charge on any atom is -0.486 e. The smallest absolute Gasteiger partial charge is 0.247 e. The zero-order chi connectivity index (χ0) is 22.3. The Hall–Kier alpha value is -3.80. The van der Waals surface area contributed by atoms with E-state index in [-0.39, 0.29) is 11.8 Å². The lowest BCUT2D eigenvalue weighted by atomic mass is 9.98. The minimum absolute atomic E-state index is 0.231. The van der Waals surface area contributed by atoms with E-state index in [0.717, 1.165) is 11.1 Å². The lowest BCUT2D eigenvalue weighted by molar-refractivity contribution is -0.127. The lowest BCUT2D eigenvalue weighted by Crippen LogP contribution is -2.46. The van der Waals surface area contributed by atoms with E-state index in [4.69, 9.17) is 9.47 Å². The van der Waals surface area contributed by atoms with Crippen LogP contribution in [0.1, 0.15) is 24.0 Å². The Morgan fingerprint density at radius 3 is 2.22 bits per heavy atom. The van der Waals surface area contributed by atoms with Crippen LogP contribution in [0.2, 0.25) is 0 Å². The summed E-state index contributed by atoms with van der Waals surface area (Å²) in [5.74, 6) is 0.357. The summed E-state index contributed by atoms with van der Waals surface area (Å²) in [5, 5.41) is 5.84. The molecule has 0 spiro atoms. The first-order valence-electron chi connectivity index (χ1n) is 10.7. The van der Waals surface area contributed by atoms with Gasteiger partial charge in [-0.15, -0.1) is 0 Å². The summed E-state index contributed by atoms with van der Waals surface area (Å²) in [6, 6.07) is 23.6. The van der Waals surface area contributed by atoms with Crippen LogP contribution in [0, 0.1) is 0 Å². The van der Waals surface area contributed by atoms with Crippen molar-refractivity contribution >= 4 is 17.5 Å². The maximum atomic E-state index is 13.1. The third kappa shape index (κ3) is 5.27. The Kier molecular flexibility index (Phi) is 6.70. The first-order chi connectivity index (χ1) is 15.6. The van der Waals surface area contributed by atoms with Gasteiger partial charge in [-0.2, -0.15) is 0 Å². The van der Waals surface area contributed by atoms with Crippen molar-refractivity contribution in [2.45, 2.75) is 25.3 Å². The van der Waals surface area contributed by atoms with Crippen molar-refractivity contribution in [3.05, 3.63) is 90.0 Å². The van der Waals surface area contributed by atoms with Crippen molar-refractivity contribution in [3.63, 3.8) is 0 Å². The number of carbonyl (C=O) groups is 2. The van der Waals surface area contributed by atoms with Gasteiger partial charge >= 0.3 is 0 Å². The van der Waals surface area contributed by atoms with Crippen molar-refractivity contribution in [1.82, 2.24) is 5.32 Å². The summed E-state index contributed by atoms with van der Waals surface area (Å²) in [4.78, 5) is 26.1. The summed E-state index contributed by atoms with van der Waals surface area (Å²) in [5.41, 5.74) is 2.45. The maximum Gasteiger partial charge on any atom is 0.247 e. The first-order valence-corrected chi connectivity index (χ1v) is 10.7. The molecule has 0 fully saturated rings. The molecule has 0 radical (unpaired) electrons. The maximum absolute atomic E-state index is 13.1. The molecule has 32 heavy (non-hydrogen) atoms. The number of fused-ring (bicyclic) bond motifs is 1. The Bertz CT molecular complexity index is 1070. The predicted octanol–water partition coefficient (Wildman–Crippen LogP) is 3.93. The van der Waals surface area contributed by atoms with Crippen LogP contribution in [0.3, 0.4) is 0 Å². The zero-order valence-electron chi connectivity index (χ0n) is 17.9. The van der Waals surface area contributed by atoms with Gasteiger partial charge in [0, 0.05) is 12.1 Å². The molecule has 3 aromatic rings. The van der Waals surface area contributed by atoms with Crippen molar-refractivity contribution < 1.29 is 19.1 Å². The topological polar surface area (TPSA) is 76.7 Å². The summed E-state index contributed by atoms with van der Waals surface area (Å²) in [7, 11) is 0. The van der Waals surface area contributed by atoms with E-state index in [9.17, 15) is 9.59 Å². The summed E-state index contributed by atoms with van der Waals surface area (Å²) < 4.78 is 11.2. The highest BCUT2D eigenvalue weighted by Gasteiger charge is 2.26. The Labute approximate surface area is 187 Å². The number of amides is 2. The van der Waals surface area contributed by atoms with Crippen LogP contribution in [-0.2, 0) is 16.0 Å². The molecule has 2 amide bonds. The summed E-state index contributed by atoms with van der Waals surface area (Å²) >= 11 is 0. The number of hydrogen-bond donors (Lipinski definition) is 2. The molecule has 1 aliphatic heterocycles. The molecule has 4 rings (SSSR count). The van der Waals surface area contributed by atoms with E-state index in [0.29, 0.717) is 36.8 Å².